The molecule has 3 rings (SSSR count). The zero-order chi connectivity index (χ0) is 21.0. The molecule has 0 aliphatic carbocycles. The first-order chi connectivity index (χ1) is 14.0. The Kier molecular flexibility index (Phi) is 6.79. The second-order valence-corrected chi connectivity index (χ2v) is 8.02. The number of rotatable bonds is 7. The Bertz CT molecular complexity index is 983. The van der Waals surface area contributed by atoms with Gasteiger partial charge in [-0.15, -0.1) is 0 Å². The Balaban J connectivity index is 2.41. The second kappa shape index (κ2) is 9.31. The van der Waals surface area contributed by atoms with E-state index in [0.717, 1.165) is 31.4 Å². The van der Waals surface area contributed by atoms with Gasteiger partial charge in [-0.2, -0.15) is 0 Å². The van der Waals surface area contributed by atoms with E-state index >= 15 is 0 Å². The van der Waals surface area contributed by atoms with E-state index in [9.17, 15) is 0 Å². The summed E-state index contributed by atoms with van der Waals surface area (Å²) in [5, 5.41) is 0. The summed E-state index contributed by atoms with van der Waals surface area (Å²) in [6.07, 6.45) is 4.50. The molecule has 1 heteroatoms. The molecule has 0 aliphatic rings. The molecule has 0 saturated carbocycles. The van der Waals surface area contributed by atoms with Crippen molar-refractivity contribution in [1.82, 2.24) is 0 Å². The van der Waals surface area contributed by atoms with Crippen molar-refractivity contribution in [3.63, 3.8) is 0 Å². The molecule has 0 atom stereocenters. The van der Waals surface area contributed by atoms with Gasteiger partial charge in [-0.1, -0.05) is 69.2 Å². The first-order valence-corrected chi connectivity index (χ1v) is 10.9. The van der Waals surface area contributed by atoms with Crippen LogP contribution in [0.25, 0.3) is 22.3 Å². The van der Waals surface area contributed by atoms with Gasteiger partial charge >= 0.3 is 0 Å². The van der Waals surface area contributed by atoms with Crippen LogP contribution in [0.4, 0.5) is 0 Å². The molecule has 1 nitrogen and oxygen atoms in total. The maximum absolute atomic E-state index is 5.68. The van der Waals surface area contributed by atoms with E-state index in [-0.39, 0.29) is 0 Å². The molecular weight excluding hydrogens is 352 g/mol. The van der Waals surface area contributed by atoms with E-state index in [0.29, 0.717) is 0 Å². The predicted octanol–water partition coefficient (Wildman–Crippen LogP) is 7.86. The number of benzene rings is 3. The van der Waals surface area contributed by atoms with Crippen LogP contribution in [-0.4, -0.2) is 7.11 Å². The standard InChI is InChI=1S/C28H34O/c1-7-12-23-18-24(13-8-2)28(21(5)27(23)22-14-10-9-11-15-22)26-19(3)16-17-25(29-6)20(26)4/h9-11,14-18H,7-8,12-13H2,1-6H3. The van der Waals surface area contributed by atoms with Gasteiger partial charge in [0.15, 0.2) is 0 Å². The van der Waals surface area contributed by atoms with Gasteiger partial charge in [-0.3, -0.25) is 0 Å². The van der Waals surface area contributed by atoms with Gasteiger partial charge in [-0.25, -0.2) is 0 Å². The number of aryl methyl sites for hydroxylation is 3. The maximum Gasteiger partial charge on any atom is 0.122 e. The molecular formula is C28H34O. The van der Waals surface area contributed by atoms with Gasteiger partial charge in [0.25, 0.3) is 0 Å². The van der Waals surface area contributed by atoms with E-state index in [1.165, 1.54) is 50.1 Å². The van der Waals surface area contributed by atoms with Crippen LogP contribution >= 0.6 is 0 Å². The molecule has 0 N–H and O–H groups in total. The van der Waals surface area contributed by atoms with Crippen LogP contribution in [0.1, 0.15) is 54.5 Å². The van der Waals surface area contributed by atoms with Crippen molar-refractivity contribution in [2.45, 2.75) is 60.3 Å². The average Bonchev–Trinajstić information content (AvgIpc) is 2.71. The molecule has 0 heterocycles. The summed E-state index contributed by atoms with van der Waals surface area (Å²) >= 11 is 0. The summed E-state index contributed by atoms with van der Waals surface area (Å²) in [5.74, 6) is 0.964. The maximum atomic E-state index is 5.68. The van der Waals surface area contributed by atoms with Crippen LogP contribution in [0.15, 0.2) is 48.5 Å². The number of hydrogen-bond donors (Lipinski definition) is 0. The molecule has 152 valence electrons. The Morgan fingerprint density at radius 3 is 1.90 bits per heavy atom. The lowest BCUT2D eigenvalue weighted by molar-refractivity contribution is 0.412. The fourth-order valence-electron chi connectivity index (χ4n) is 4.68. The van der Waals surface area contributed by atoms with Crippen LogP contribution in [0.2, 0.25) is 0 Å². The first kappa shape index (κ1) is 21.2. The summed E-state index contributed by atoms with van der Waals surface area (Å²) in [6, 6.07) is 17.6. The highest BCUT2D eigenvalue weighted by Gasteiger charge is 2.21. The zero-order valence-electron chi connectivity index (χ0n) is 18.9. The monoisotopic (exact) mass is 386 g/mol. The number of ether oxygens (including phenoxy) is 1. The van der Waals surface area contributed by atoms with E-state index in [4.69, 9.17) is 4.74 Å². The average molecular weight is 387 g/mol. The molecule has 29 heavy (non-hydrogen) atoms. The van der Waals surface area contributed by atoms with Crippen molar-refractivity contribution < 1.29 is 4.74 Å². The minimum Gasteiger partial charge on any atom is -0.496 e. The molecule has 3 aromatic carbocycles. The third-order valence-corrected chi connectivity index (χ3v) is 5.94. The van der Waals surface area contributed by atoms with Crippen molar-refractivity contribution in [1.29, 1.82) is 0 Å². The highest BCUT2D eigenvalue weighted by Crippen LogP contribution is 2.42. The van der Waals surface area contributed by atoms with E-state index in [1.54, 1.807) is 7.11 Å². The molecule has 0 spiro atoms. The minimum absolute atomic E-state index is 0.964. The van der Waals surface area contributed by atoms with Gasteiger partial charge in [0.1, 0.15) is 5.75 Å². The van der Waals surface area contributed by atoms with Crippen LogP contribution < -0.4 is 4.74 Å². The Morgan fingerprint density at radius 1 is 0.690 bits per heavy atom. The number of hydrogen-bond acceptors (Lipinski definition) is 1. The quantitative estimate of drug-likeness (QED) is 0.401. The molecule has 0 bridgehead atoms. The van der Waals surface area contributed by atoms with Gasteiger partial charge in [-0.05, 0) is 89.8 Å². The summed E-state index contributed by atoms with van der Waals surface area (Å²) in [4.78, 5) is 0. The Morgan fingerprint density at radius 2 is 1.31 bits per heavy atom. The lowest BCUT2D eigenvalue weighted by Crippen LogP contribution is -2.04. The highest BCUT2D eigenvalue weighted by atomic mass is 16.5. The lowest BCUT2D eigenvalue weighted by Gasteiger charge is -2.24. The van der Waals surface area contributed by atoms with Crippen LogP contribution in [0.3, 0.4) is 0 Å². The molecule has 0 amide bonds. The van der Waals surface area contributed by atoms with Crippen LogP contribution in [0, 0.1) is 20.8 Å². The summed E-state index contributed by atoms with van der Waals surface area (Å²) in [6.45, 7) is 11.3. The summed E-state index contributed by atoms with van der Waals surface area (Å²) < 4.78 is 5.68. The SMILES string of the molecule is CCCc1cc(CCC)c(-c2c(C)ccc(OC)c2C)c(C)c1-c1ccccc1. The molecule has 0 unspecified atom stereocenters. The fourth-order valence-corrected chi connectivity index (χ4v) is 4.68. The van der Waals surface area contributed by atoms with Gasteiger partial charge in [0, 0.05) is 0 Å². The van der Waals surface area contributed by atoms with Gasteiger partial charge in [0.2, 0.25) is 0 Å². The van der Waals surface area contributed by atoms with E-state index < -0.39 is 0 Å². The van der Waals surface area contributed by atoms with Gasteiger partial charge < -0.3 is 4.74 Å². The number of methoxy groups -OCH3 is 1. The normalized spacial score (nSPS) is 11.0. The Hall–Kier alpha value is -2.54. The van der Waals surface area contributed by atoms with E-state index in [2.05, 4.69) is 83.1 Å². The fraction of sp³-hybridized carbons (Fsp3) is 0.357. The molecule has 0 aromatic heterocycles. The lowest BCUT2D eigenvalue weighted by atomic mass is 9.81. The highest BCUT2D eigenvalue weighted by molar-refractivity contribution is 5.86. The molecule has 0 aliphatic heterocycles. The summed E-state index contributed by atoms with van der Waals surface area (Å²) in [5.41, 5.74) is 12.3. The zero-order valence-corrected chi connectivity index (χ0v) is 18.9. The Labute approximate surface area is 176 Å². The molecule has 0 saturated heterocycles. The molecule has 0 fully saturated rings. The third kappa shape index (κ3) is 4.10. The van der Waals surface area contributed by atoms with Gasteiger partial charge in [0.05, 0.1) is 7.11 Å². The largest absolute Gasteiger partial charge is 0.496 e. The predicted molar refractivity (Wildman–Crippen MR) is 126 cm³/mol. The third-order valence-electron chi connectivity index (χ3n) is 5.94. The van der Waals surface area contributed by atoms with Crippen molar-refractivity contribution in [2.24, 2.45) is 0 Å². The van der Waals surface area contributed by atoms with Crippen molar-refractivity contribution >= 4 is 0 Å². The van der Waals surface area contributed by atoms with Crippen molar-refractivity contribution in [3.05, 3.63) is 76.3 Å². The topological polar surface area (TPSA) is 9.23 Å². The minimum atomic E-state index is 0.964. The summed E-state index contributed by atoms with van der Waals surface area (Å²) in [7, 11) is 1.76. The van der Waals surface area contributed by atoms with Crippen molar-refractivity contribution in [3.8, 4) is 28.0 Å². The molecule has 0 radical (unpaired) electrons. The van der Waals surface area contributed by atoms with Crippen LogP contribution in [-0.2, 0) is 12.8 Å². The van der Waals surface area contributed by atoms with Crippen LogP contribution in [0.5, 0.6) is 5.75 Å². The first-order valence-electron chi connectivity index (χ1n) is 10.9. The smallest absolute Gasteiger partial charge is 0.122 e. The van der Waals surface area contributed by atoms with E-state index in [1.807, 2.05) is 0 Å². The van der Waals surface area contributed by atoms with Crippen molar-refractivity contribution in [2.75, 3.05) is 7.11 Å². The second-order valence-electron chi connectivity index (χ2n) is 8.02. The molecule has 3 aromatic rings.